The highest BCUT2D eigenvalue weighted by Gasteiger charge is 2.13. The van der Waals surface area contributed by atoms with E-state index < -0.39 is 0 Å². The third kappa shape index (κ3) is 2.49. The summed E-state index contributed by atoms with van der Waals surface area (Å²) < 4.78 is 0. The molecule has 0 aliphatic heterocycles. The minimum atomic E-state index is 0.421. The van der Waals surface area contributed by atoms with Crippen molar-refractivity contribution in [3.05, 3.63) is 69.5 Å². The molecule has 0 radical (unpaired) electrons. The molecule has 0 saturated carbocycles. The van der Waals surface area contributed by atoms with Gasteiger partial charge in [-0.1, -0.05) is 53.5 Å². The van der Waals surface area contributed by atoms with Crippen molar-refractivity contribution in [3.8, 4) is 0 Å². The molecule has 0 fully saturated rings. The fraction of sp³-hybridized carbons (Fsp3) is 0.125. The van der Waals surface area contributed by atoms with Crippen LogP contribution in [0.15, 0.2) is 42.5 Å². The molecule has 2 nitrogen and oxygen atoms in total. The molecule has 0 atom stereocenters. The summed E-state index contributed by atoms with van der Waals surface area (Å²) in [6, 6.07) is 13.9. The SMILES string of the molecule is Cc1ccc2c(Cl)c(Cc3ccccc3)c(Cl)nc2n1. The van der Waals surface area contributed by atoms with E-state index >= 15 is 0 Å². The second-order valence-corrected chi connectivity index (χ2v) is 5.42. The van der Waals surface area contributed by atoms with Crippen LogP contribution in [0.1, 0.15) is 16.8 Å². The maximum Gasteiger partial charge on any atom is 0.162 e. The lowest BCUT2D eigenvalue weighted by Gasteiger charge is -2.09. The number of rotatable bonds is 2. The Kier molecular flexibility index (Phi) is 3.60. The van der Waals surface area contributed by atoms with Crippen molar-refractivity contribution in [1.82, 2.24) is 9.97 Å². The Morgan fingerprint density at radius 3 is 2.45 bits per heavy atom. The molecule has 0 saturated heterocycles. The molecule has 0 amide bonds. The van der Waals surface area contributed by atoms with Crippen molar-refractivity contribution < 1.29 is 0 Å². The molecule has 2 aromatic heterocycles. The highest BCUT2D eigenvalue weighted by Crippen LogP contribution is 2.31. The van der Waals surface area contributed by atoms with Crippen molar-refractivity contribution in [2.24, 2.45) is 0 Å². The topological polar surface area (TPSA) is 25.8 Å². The lowest BCUT2D eigenvalue weighted by molar-refractivity contribution is 1.14. The van der Waals surface area contributed by atoms with Gasteiger partial charge in [-0.2, -0.15) is 0 Å². The molecule has 0 N–H and O–H groups in total. The number of pyridine rings is 2. The maximum absolute atomic E-state index is 6.48. The van der Waals surface area contributed by atoms with E-state index in [9.17, 15) is 0 Å². The maximum atomic E-state index is 6.48. The highest BCUT2D eigenvalue weighted by molar-refractivity contribution is 6.39. The number of hydrogen-bond acceptors (Lipinski definition) is 2. The van der Waals surface area contributed by atoms with Crippen LogP contribution in [0, 0.1) is 6.92 Å². The summed E-state index contributed by atoms with van der Waals surface area (Å²) in [5, 5.41) is 1.90. The largest absolute Gasteiger partial charge is 0.233 e. The van der Waals surface area contributed by atoms with Crippen molar-refractivity contribution in [1.29, 1.82) is 0 Å². The van der Waals surface area contributed by atoms with Gasteiger partial charge in [0.2, 0.25) is 0 Å². The van der Waals surface area contributed by atoms with Crippen LogP contribution in [-0.2, 0) is 6.42 Å². The average molecular weight is 303 g/mol. The molecular formula is C16H12Cl2N2. The summed E-state index contributed by atoms with van der Waals surface area (Å²) in [5.41, 5.74) is 3.49. The Balaban J connectivity index is 2.14. The van der Waals surface area contributed by atoms with Crippen LogP contribution < -0.4 is 0 Å². The zero-order chi connectivity index (χ0) is 14.1. The van der Waals surface area contributed by atoms with Crippen molar-refractivity contribution >= 4 is 34.2 Å². The van der Waals surface area contributed by atoms with Gasteiger partial charge in [0.25, 0.3) is 0 Å². The molecular weight excluding hydrogens is 291 g/mol. The molecule has 1 aromatic carbocycles. The fourth-order valence-electron chi connectivity index (χ4n) is 2.16. The van der Waals surface area contributed by atoms with Crippen LogP contribution in [0.2, 0.25) is 10.2 Å². The molecule has 0 spiro atoms. The van der Waals surface area contributed by atoms with E-state index in [1.807, 2.05) is 49.4 Å². The van der Waals surface area contributed by atoms with Crippen LogP contribution in [-0.4, -0.2) is 9.97 Å². The van der Waals surface area contributed by atoms with Gasteiger partial charge >= 0.3 is 0 Å². The normalized spacial score (nSPS) is 10.9. The Morgan fingerprint density at radius 2 is 1.70 bits per heavy atom. The Hall–Kier alpha value is -1.64. The average Bonchev–Trinajstić information content (AvgIpc) is 2.44. The van der Waals surface area contributed by atoms with Crippen molar-refractivity contribution in [3.63, 3.8) is 0 Å². The number of benzene rings is 1. The van der Waals surface area contributed by atoms with Gasteiger partial charge in [0.15, 0.2) is 5.65 Å². The van der Waals surface area contributed by atoms with E-state index in [0.717, 1.165) is 22.2 Å². The number of halogens is 2. The quantitative estimate of drug-likeness (QED) is 0.633. The molecule has 0 aliphatic carbocycles. The Bertz CT molecular complexity index is 770. The van der Waals surface area contributed by atoms with Gasteiger partial charge in [-0.05, 0) is 24.6 Å². The van der Waals surface area contributed by atoms with Gasteiger partial charge < -0.3 is 0 Å². The minimum absolute atomic E-state index is 0.421. The molecule has 100 valence electrons. The smallest absolute Gasteiger partial charge is 0.162 e. The molecule has 0 unspecified atom stereocenters. The summed E-state index contributed by atoms with van der Waals surface area (Å²) in [7, 11) is 0. The van der Waals surface area contributed by atoms with Crippen molar-refractivity contribution in [2.45, 2.75) is 13.3 Å². The Labute approximate surface area is 127 Å². The summed E-state index contributed by atoms with van der Waals surface area (Å²) >= 11 is 12.8. The zero-order valence-electron chi connectivity index (χ0n) is 10.9. The number of nitrogens with zero attached hydrogens (tertiary/aromatic N) is 2. The van der Waals surface area contributed by atoms with Gasteiger partial charge in [0.05, 0.1) is 5.02 Å². The first-order valence-electron chi connectivity index (χ1n) is 6.30. The number of aryl methyl sites for hydroxylation is 1. The van der Waals surface area contributed by atoms with Gasteiger partial charge in [0, 0.05) is 23.1 Å². The van der Waals surface area contributed by atoms with Crippen molar-refractivity contribution in [2.75, 3.05) is 0 Å². The fourth-order valence-corrected chi connectivity index (χ4v) is 2.76. The van der Waals surface area contributed by atoms with Gasteiger partial charge in [-0.15, -0.1) is 0 Å². The van der Waals surface area contributed by atoms with Crippen LogP contribution in [0.3, 0.4) is 0 Å². The van der Waals surface area contributed by atoms with E-state index in [2.05, 4.69) is 9.97 Å². The Morgan fingerprint density at radius 1 is 0.950 bits per heavy atom. The predicted octanol–water partition coefficient (Wildman–Crippen LogP) is 4.84. The van der Waals surface area contributed by atoms with Crippen LogP contribution in [0.5, 0.6) is 0 Å². The summed E-state index contributed by atoms with van der Waals surface area (Å²) in [6.07, 6.45) is 0.662. The van der Waals surface area contributed by atoms with E-state index in [4.69, 9.17) is 23.2 Å². The number of fused-ring (bicyclic) bond motifs is 1. The number of aromatic nitrogens is 2. The van der Waals surface area contributed by atoms with Crippen LogP contribution >= 0.6 is 23.2 Å². The number of hydrogen-bond donors (Lipinski definition) is 0. The molecule has 3 rings (SSSR count). The van der Waals surface area contributed by atoms with E-state index in [1.165, 1.54) is 0 Å². The summed E-state index contributed by atoms with van der Waals surface area (Å²) in [4.78, 5) is 8.73. The predicted molar refractivity (Wildman–Crippen MR) is 83.5 cm³/mol. The first-order valence-corrected chi connectivity index (χ1v) is 7.06. The van der Waals surface area contributed by atoms with E-state index in [1.54, 1.807) is 0 Å². The molecule has 2 heterocycles. The monoisotopic (exact) mass is 302 g/mol. The van der Waals surface area contributed by atoms with Gasteiger partial charge in [0.1, 0.15) is 5.15 Å². The second kappa shape index (κ2) is 5.39. The van der Waals surface area contributed by atoms with Crippen LogP contribution in [0.25, 0.3) is 11.0 Å². The van der Waals surface area contributed by atoms with Gasteiger partial charge in [-0.3, -0.25) is 0 Å². The van der Waals surface area contributed by atoms with Gasteiger partial charge in [-0.25, -0.2) is 9.97 Å². The molecule has 0 aliphatic rings. The molecule has 3 aromatic rings. The highest BCUT2D eigenvalue weighted by atomic mass is 35.5. The second-order valence-electron chi connectivity index (χ2n) is 4.68. The third-order valence-electron chi connectivity index (χ3n) is 3.19. The van der Waals surface area contributed by atoms with Crippen LogP contribution in [0.4, 0.5) is 0 Å². The first kappa shape index (κ1) is 13.3. The first-order chi connectivity index (χ1) is 9.65. The minimum Gasteiger partial charge on any atom is -0.233 e. The lowest BCUT2D eigenvalue weighted by Crippen LogP contribution is -1.97. The summed E-state index contributed by atoms with van der Waals surface area (Å²) in [6.45, 7) is 1.92. The molecule has 4 heteroatoms. The lowest BCUT2D eigenvalue weighted by atomic mass is 10.1. The molecule has 20 heavy (non-hydrogen) atoms. The zero-order valence-corrected chi connectivity index (χ0v) is 12.4. The molecule has 0 bridgehead atoms. The standard InChI is InChI=1S/C16H12Cl2N2/c1-10-7-8-12-14(17)13(15(18)20-16(12)19-10)9-11-5-3-2-4-6-11/h2-8H,9H2,1H3. The third-order valence-corrected chi connectivity index (χ3v) is 3.94. The van der Waals surface area contributed by atoms with E-state index in [-0.39, 0.29) is 0 Å². The summed E-state index contributed by atoms with van der Waals surface area (Å²) in [5.74, 6) is 0. The van der Waals surface area contributed by atoms with E-state index in [0.29, 0.717) is 22.2 Å².